The molecule has 0 aliphatic rings. The molecular weight excluding hydrogens is 288 g/mol. The number of imidazole rings is 1. The Hall–Kier alpha value is -1.55. The van der Waals surface area contributed by atoms with E-state index in [4.69, 9.17) is 21.7 Å². The highest BCUT2D eigenvalue weighted by atomic mass is 35.5. The number of carbonyl (C=O) groups is 1. The summed E-state index contributed by atoms with van der Waals surface area (Å²) in [5.74, 6) is 0.282. The molecule has 4 nitrogen and oxygen atoms in total. The van der Waals surface area contributed by atoms with Gasteiger partial charge in [0.1, 0.15) is 5.82 Å². The molecule has 0 saturated heterocycles. The summed E-state index contributed by atoms with van der Waals surface area (Å²) in [6.45, 7) is 4.33. The van der Waals surface area contributed by atoms with Gasteiger partial charge in [-0.25, -0.2) is 4.98 Å². The summed E-state index contributed by atoms with van der Waals surface area (Å²) in [5.41, 5.74) is 2.01. The number of aromatic nitrogens is 2. The second-order valence-electron chi connectivity index (χ2n) is 5.39. The van der Waals surface area contributed by atoms with Gasteiger partial charge in [0.05, 0.1) is 11.0 Å². The molecule has 2 aromatic rings. The summed E-state index contributed by atoms with van der Waals surface area (Å²) >= 11 is 6.04. The number of carboxylic acids is 1. The molecule has 0 amide bonds. The minimum Gasteiger partial charge on any atom is -0.481 e. The Balaban J connectivity index is 2.26. The van der Waals surface area contributed by atoms with Crippen LogP contribution in [-0.4, -0.2) is 20.6 Å². The Morgan fingerprint density at radius 2 is 2.19 bits per heavy atom. The van der Waals surface area contributed by atoms with Crippen molar-refractivity contribution >= 4 is 28.6 Å². The summed E-state index contributed by atoms with van der Waals surface area (Å²) in [7, 11) is 0. The average molecular weight is 309 g/mol. The standard InChI is InChI=1S/C16H21ClN2O2/c1-3-11(2)19-14-9-8-12(17)10-13(14)18-15(19)6-4-5-7-16(20)21/h8-11H,3-7H2,1-2H3,(H,20,21). The highest BCUT2D eigenvalue weighted by molar-refractivity contribution is 6.31. The second kappa shape index (κ2) is 6.94. The van der Waals surface area contributed by atoms with Gasteiger partial charge in [0.2, 0.25) is 0 Å². The summed E-state index contributed by atoms with van der Waals surface area (Å²) in [4.78, 5) is 15.3. The van der Waals surface area contributed by atoms with Gasteiger partial charge in [-0.3, -0.25) is 4.79 Å². The minimum absolute atomic E-state index is 0.218. The first-order valence-corrected chi connectivity index (χ1v) is 7.79. The van der Waals surface area contributed by atoms with Gasteiger partial charge in [-0.15, -0.1) is 0 Å². The van der Waals surface area contributed by atoms with Crippen LogP contribution in [-0.2, 0) is 11.2 Å². The van der Waals surface area contributed by atoms with E-state index in [1.54, 1.807) is 0 Å². The molecule has 21 heavy (non-hydrogen) atoms. The first kappa shape index (κ1) is 15.8. The van der Waals surface area contributed by atoms with Crippen LogP contribution < -0.4 is 0 Å². The van der Waals surface area contributed by atoms with Gasteiger partial charge in [-0.2, -0.15) is 0 Å². The number of fused-ring (bicyclic) bond motifs is 1. The van der Waals surface area contributed by atoms with Crippen LogP contribution >= 0.6 is 11.6 Å². The fourth-order valence-electron chi connectivity index (χ4n) is 2.53. The van der Waals surface area contributed by atoms with E-state index in [1.807, 2.05) is 18.2 Å². The van der Waals surface area contributed by atoms with Crippen molar-refractivity contribution < 1.29 is 9.90 Å². The molecule has 0 fully saturated rings. The van der Waals surface area contributed by atoms with Crippen molar-refractivity contribution in [3.63, 3.8) is 0 Å². The first-order chi connectivity index (χ1) is 10.0. The number of hydrogen-bond donors (Lipinski definition) is 1. The Morgan fingerprint density at radius 1 is 1.43 bits per heavy atom. The lowest BCUT2D eigenvalue weighted by molar-refractivity contribution is -0.137. The van der Waals surface area contributed by atoms with Crippen molar-refractivity contribution in [2.75, 3.05) is 0 Å². The maximum atomic E-state index is 10.6. The molecule has 2 rings (SSSR count). The third-order valence-corrected chi connectivity index (χ3v) is 4.03. The molecule has 0 aliphatic carbocycles. The highest BCUT2D eigenvalue weighted by Gasteiger charge is 2.15. The normalized spacial score (nSPS) is 12.7. The predicted octanol–water partition coefficient (Wildman–Crippen LogP) is 4.46. The van der Waals surface area contributed by atoms with Crippen LogP contribution in [0.5, 0.6) is 0 Å². The van der Waals surface area contributed by atoms with Crippen LogP contribution in [0, 0.1) is 0 Å². The molecule has 1 heterocycles. The monoisotopic (exact) mass is 308 g/mol. The predicted molar refractivity (Wildman–Crippen MR) is 84.9 cm³/mol. The van der Waals surface area contributed by atoms with E-state index in [0.717, 1.165) is 36.1 Å². The van der Waals surface area contributed by atoms with Crippen molar-refractivity contribution in [2.45, 2.75) is 52.0 Å². The number of halogens is 1. The maximum absolute atomic E-state index is 10.6. The van der Waals surface area contributed by atoms with Gasteiger partial charge >= 0.3 is 5.97 Å². The molecular formula is C16H21ClN2O2. The fraction of sp³-hybridized carbons (Fsp3) is 0.500. The van der Waals surface area contributed by atoms with Crippen LogP contribution in [0.15, 0.2) is 18.2 Å². The molecule has 0 saturated carbocycles. The quantitative estimate of drug-likeness (QED) is 0.768. The zero-order valence-electron chi connectivity index (χ0n) is 12.5. The molecule has 1 aromatic carbocycles. The van der Waals surface area contributed by atoms with E-state index in [0.29, 0.717) is 17.5 Å². The zero-order valence-corrected chi connectivity index (χ0v) is 13.2. The maximum Gasteiger partial charge on any atom is 0.303 e. The van der Waals surface area contributed by atoms with Gasteiger partial charge in [-0.05, 0) is 44.4 Å². The van der Waals surface area contributed by atoms with Crippen molar-refractivity contribution in [1.82, 2.24) is 9.55 Å². The molecule has 1 unspecified atom stereocenters. The molecule has 1 atom stereocenters. The van der Waals surface area contributed by atoms with E-state index in [1.165, 1.54) is 0 Å². The fourth-order valence-corrected chi connectivity index (χ4v) is 2.70. The van der Waals surface area contributed by atoms with E-state index in [9.17, 15) is 4.79 Å². The minimum atomic E-state index is -0.739. The zero-order chi connectivity index (χ0) is 15.4. The highest BCUT2D eigenvalue weighted by Crippen LogP contribution is 2.26. The lowest BCUT2D eigenvalue weighted by Crippen LogP contribution is -2.09. The van der Waals surface area contributed by atoms with Crippen molar-refractivity contribution in [1.29, 1.82) is 0 Å². The van der Waals surface area contributed by atoms with Crippen LogP contribution in [0.4, 0.5) is 0 Å². The summed E-state index contributed by atoms with van der Waals surface area (Å²) in [5, 5.41) is 9.39. The SMILES string of the molecule is CCC(C)n1c(CCCCC(=O)O)nc2cc(Cl)ccc21. The third kappa shape index (κ3) is 3.76. The van der Waals surface area contributed by atoms with Gasteiger partial charge in [0.25, 0.3) is 0 Å². The molecule has 0 aliphatic heterocycles. The Bertz CT molecular complexity index is 636. The van der Waals surface area contributed by atoms with Crippen LogP contribution in [0.1, 0.15) is 51.4 Å². The lowest BCUT2D eigenvalue weighted by atomic mass is 10.1. The summed E-state index contributed by atoms with van der Waals surface area (Å²) < 4.78 is 2.26. The number of rotatable bonds is 7. The molecule has 0 spiro atoms. The second-order valence-corrected chi connectivity index (χ2v) is 5.83. The summed E-state index contributed by atoms with van der Waals surface area (Å²) in [6.07, 6.45) is 3.55. The molecule has 1 aromatic heterocycles. The topological polar surface area (TPSA) is 55.1 Å². The number of benzene rings is 1. The number of hydrogen-bond acceptors (Lipinski definition) is 2. The van der Waals surface area contributed by atoms with E-state index < -0.39 is 5.97 Å². The van der Waals surface area contributed by atoms with E-state index in [2.05, 4.69) is 18.4 Å². The third-order valence-electron chi connectivity index (χ3n) is 3.80. The van der Waals surface area contributed by atoms with Crippen LogP contribution in [0.25, 0.3) is 11.0 Å². The Kier molecular flexibility index (Phi) is 5.23. The molecule has 0 bridgehead atoms. The van der Waals surface area contributed by atoms with Gasteiger partial charge in [0, 0.05) is 23.9 Å². The summed E-state index contributed by atoms with van der Waals surface area (Å²) in [6, 6.07) is 6.15. The first-order valence-electron chi connectivity index (χ1n) is 7.41. The molecule has 1 N–H and O–H groups in total. The number of carboxylic acid groups (broad SMARTS) is 1. The van der Waals surface area contributed by atoms with Gasteiger partial charge in [-0.1, -0.05) is 18.5 Å². The largest absolute Gasteiger partial charge is 0.481 e. The van der Waals surface area contributed by atoms with E-state index in [-0.39, 0.29) is 6.42 Å². The lowest BCUT2D eigenvalue weighted by Gasteiger charge is -2.15. The van der Waals surface area contributed by atoms with Crippen LogP contribution in [0.2, 0.25) is 5.02 Å². The smallest absolute Gasteiger partial charge is 0.303 e. The van der Waals surface area contributed by atoms with Crippen molar-refractivity contribution in [3.05, 3.63) is 29.0 Å². The molecule has 5 heteroatoms. The number of nitrogens with zero attached hydrogens (tertiary/aromatic N) is 2. The number of aryl methyl sites for hydroxylation is 1. The van der Waals surface area contributed by atoms with E-state index >= 15 is 0 Å². The molecule has 114 valence electrons. The van der Waals surface area contributed by atoms with Crippen molar-refractivity contribution in [3.8, 4) is 0 Å². The number of unbranched alkanes of at least 4 members (excludes halogenated alkanes) is 1. The van der Waals surface area contributed by atoms with Gasteiger partial charge < -0.3 is 9.67 Å². The molecule has 0 radical (unpaired) electrons. The Morgan fingerprint density at radius 3 is 2.86 bits per heavy atom. The van der Waals surface area contributed by atoms with Crippen LogP contribution in [0.3, 0.4) is 0 Å². The Labute approximate surface area is 129 Å². The van der Waals surface area contributed by atoms with Gasteiger partial charge in [0.15, 0.2) is 0 Å². The average Bonchev–Trinajstić information content (AvgIpc) is 2.79. The van der Waals surface area contributed by atoms with Crippen molar-refractivity contribution in [2.24, 2.45) is 0 Å². The number of aliphatic carboxylic acids is 1.